The third kappa shape index (κ3) is 5.23. The first-order valence-electron chi connectivity index (χ1n) is 18.9. The third-order valence-corrected chi connectivity index (χ3v) is 10.8. The third-order valence-electron chi connectivity index (χ3n) is 10.8. The van der Waals surface area contributed by atoms with Crippen LogP contribution in [0, 0.1) is 0 Å². The smallest absolute Gasteiger partial charge is 0.164 e. The fourth-order valence-corrected chi connectivity index (χ4v) is 8.17. The number of hydrogen-bond donors (Lipinski definition) is 0. The lowest BCUT2D eigenvalue weighted by molar-refractivity contribution is 0.667. The first kappa shape index (κ1) is 31.9. The van der Waals surface area contributed by atoms with E-state index in [0.717, 1.165) is 79.3 Å². The molecule has 262 valence electrons. The van der Waals surface area contributed by atoms with Gasteiger partial charge in [-0.25, -0.2) is 15.0 Å². The molecule has 0 saturated carbocycles. The van der Waals surface area contributed by atoms with Gasteiger partial charge in [-0.3, -0.25) is 0 Å². The van der Waals surface area contributed by atoms with E-state index in [4.69, 9.17) is 19.4 Å². The fraction of sp³-hybridized carbons (Fsp3) is 0.0392. The second kappa shape index (κ2) is 13.1. The molecule has 9 aromatic rings. The molecular weight excluding hydrogens is 685 g/mol. The first-order chi connectivity index (χ1) is 27.8. The lowest BCUT2D eigenvalue weighted by atomic mass is 9.96. The van der Waals surface area contributed by atoms with Crippen molar-refractivity contribution in [3.05, 3.63) is 193 Å². The minimum atomic E-state index is 0.559. The van der Waals surface area contributed by atoms with Crippen LogP contribution in [0.1, 0.15) is 24.2 Å². The van der Waals surface area contributed by atoms with Gasteiger partial charge < -0.3 is 8.98 Å². The maximum absolute atomic E-state index is 7.18. The Kier molecular flexibility index (Phi) is 7.46. The van der Waals surface area contributed by atoms with Crippen LogP contribution in [0.25, 0.3) is 94.5 Å². The van der Waals surface area contributed by atoms with Crippen molar-refractivity contribution in [2.45, 2.75) is 12.8 Å². The predicted molar refractivity (Wildman–Crippen MR) is 228 cm³/mol. The van der Waals surface area contributed by atoms with Crippen molar-refractivity contribution >= 4 is 54.9 Å². The molecule has 3 aromatic heterocycles. The van der Waals surface area contributed by atoms with E-state index in [-0.39, 0.29) is 0 Å². The molecule has 11 rings (SSSR count). The molecule has 5 heteroatoms. The van der Waals surface area contributed by atoms with Crippen LogP contribution >= 0.6 is 0 Å². The highest BCUT2D eigenvalue weighted by molar-refractivity contribution is 6.16. The molecule has 6 aromatic carbocycles. The summed E-state index contributed by atoms with van der Waals surface area (Å²) in [6.07, 6.45) is 14.7. The highest BCUT2D eigenvalue weighted by atomic mass is 16.3. The average molecular weight is 717 g/mol. The number of aromatic nitrogens is 4. The molecule has 0 atom stereocenters. The highest BCUT2D eigenvalue weighted by Gasteiger charge is 2.24. The topological polar surface area (TPSA) is 56.7 Å². The molecule has 0 aliphatic heterocycles. The molecule has 0 unspecified atom stereocenters. The van der Waals surface area contributed by atoms with Gasteiger partial charge >= 0.3 is 0 Å². The van der Waals surface area contributed by atoms with E-state index in [1.807, 2.05) is 54.6 Å². The van der Waals surface area contributed by atoms with Gasteiger partial charge in [-0.2, -0.15) is 0 Å². The Balaban J connectivity index is 1.17. The van der Waals surface area contributed by atoms with Gasteiger partial charge in [0.05, 0.1) is 16.7 Å². The van der Waals surface area contributed by atoms with E-state index < -0.39 is 0 Å². The van der Waals surface area contributed by atoms with Gasteiger partial charge in [0, 0.05) is 43.8 Å². The number of furan rings is 1. The Morgan fingerprint density at radius 2 is 1.29 bits per heavy atom. The van der Waals surface area contributed by atoms with Crippen LogP contribution in [-0.4, -0.2) is 19.5 Å². The Hall–Kier alpha value is -7.55. The van der Waals surface area contributed by atoms with Gasteiger partial charge in [0.25, 0.3) is 0 Å². The normalized spacial score (nSPS) is 13.6. The molecule has 0 saturated heterocycles. The van der Waals surface area contributed by atoms with Crippen molar-refractivity contribution in [1.82, 2.24) is 19.5 Å². The summed E-state index contributed by atoms with van der Waals surface area (Å²) in [5.41, 5.74) is 18.0. The summed E-state index contributed by atoms with van der Waals surface area (Å²) in [6.45, 7) is 0. The Bertz CT molecular complexity index is 3260. The lowest BCUT2D eigenvalue weighted by Crippen LogP contribution is -2.03. The van der Waals surface area contributed by atoms with Crippen LogP contribution in [0.4, 0.5) is 0 Å². The number of hydrogen-bond acceptors (Lipinski definition) is 4. The van der Waals surface area contributed by atoms with Gasteiger partial charge in [0.15, 0.2) is 23.1 Å². The zero-order chi connectivity index (χ0) is 37.0. The summed E-state index contributed by atoms with van der Waals surface area (Å²) in [7, 11) is 0. The Labute approximate surface area is 322 Å². The van der Waals surface area contributed by atoms with E-state index >= 15 is 0 Å². The SMILES string of the molecule is C1=C=CC(c2nc(-c3ccccc3)nc(-c3ccc4c(oc5c(-n6c7ccccc7c7cc(C8=CCCC=C8)ccc76)cccc54)c3-c3ccccc3)n2)=CC=1. The van der Waals surface area contributed by atoms with E-state index in [9.17, 15) is 0 Å². The van der Waals surface area contributed by atoms with E-state index in [2.05, 4.69) is 131 Å². The van der Waals surface area contributed by atoms with Crippen LogP contribution in [0.15, 0.2) is 186 Å². The maximum Gasteiger partial charge on any atom is 0.164 e. The molecule has 0 radical (unpaired) electrons. The average Bonchev–Trinajstić information content (AvgIpc) is 3.83. The molecule has 0 bridgehead atoms. The van der Waals surface area contributed by atoms with Crippen LogP contribution in [-0.2, 0) is 0 Å². The number of benzene rings is 6. The largest absolute Gasteiger partial charge is 0.453 e. The number of fused-ring (bicyclic) bond motifs is 6. The summed E-state index contributed by atoms with van der Waals surface area (Å²) in [4.78, 5) is 15.2. The first-order valence-corrected chi connectivity index (χ1v) is 18.9. The number of allylic oxidation sites excluding steroid dienone is 8. The van der Waals surface area contributed by atoms with Crippen LogP contribution in [0.5, 0.6) is 0 Å². The van der Waals surface area contributed by atoms with E-state index in [0.29, 0.717) is 17.5 Å². The van der Waals surface area contributed by atoms with Crippen LogP contribution in [0.3, 0.4) is 0 Å². The molecule has 0 N–H and O–H groups in total. The highest BCUT2D eigenvalue weighted by Crippen LogP contribution is 2.44. The minimum Gasteiger partial charge on any atom is -0.453 e. The molecular formula is C51H32N4O. The van der Waals surface area contributed by atoms with Crippen molar-refractivity contribution in [2.75, 3.05) is 0 Å². The van der Waals surface area contributed by atoms with Crippen LogP contribution in [0.2, 0.25) is 0 Å². The molecule has 3 heterocycles. The molecule has 0 amide bonds. The Morgan fingerprint density at radius 3 is 2.11 bits per heavy atom. The zero-order valence-electron chi connectivity index (χ0n) is 30.3. The van der Waals surface area contributed by atoms with Gasteiger partial charge in [-0.05, 0) is 84.2 Å². The quantitative estimate of drug-likeness (QED) is 0.161. The number of para-hydroxylation sites is 2. The number of rotatable bonds is 6. The van der Waals surface area contributed by atoms with Gasteiger partial charge in [-0.1, -0.05) is 127 Å². The minimum absolute atomic E-state index is 0.559. The summed E-state index contributed by atoms with van der Waals surface area (Å²) < 4.78 is 9.54. The van der Waals surface area contributed by atoms with Crippen molar-refractivity contribution in [1.29, 1.82) is 0 Å². The van der Waals surface area contributed by atoms with Crippen molar-refractivity contribution in [3.8, 4) is 39.6 Å². The monoisotopic (exact) mass is 716 g/mol. The molecule has 0 spiro atoms. The fourth-order valence-electron chi connectivity index (χ4n) is 8.17. The molecule has 5 nitrogen and oxygen atoms in total. The van der Waals surface area contributed by atoms with Gasteiger partial charge in [0.1, 0.15) is 5.58 Å². The number of nitrogens with zero attached hydrogens (tertiary/aromatic N) is 4. The maximum atomic E-state index is 7.18. The van der Waals surface area contributed by atoms with Crippen molar-refractivity contribution in [2.24, 2.45) is 0 Å². The summed E-state index contributed by atoms with van der Waals surface area (Å²) >= 11 is 0. The molecule has 2 aliphatic rings. The second-order valence-electron chi connectivity index (χ2n) is 14.1. The van der Waals surface area contributed by atoms with Gasteiger partial charge in [0.2, 0.25) is 0 Å². The van der Waals surface area contributed by atoms with Crippen molar-refractivity contribution in [3.63, 3.8) is 0 Å². The lowest BCUT2D eigenvalue weighted by Gasteiger charge is -2.13. The predicted octanol–water partition coefficient (Wildman–Crippen LogP) is 12.9. The second-order valence-corrected chi connectivity index (χ2v) is 14.1. The van der Waals surface area contributed by atoms with E-state index in [1.54, 1.807) is 0 Å². The molecule has 2 aliphatic carbocycles. The van der Waals surface area contributed by atoms with E-state index in [1.165, 1.54) is 21.9 Å². The van der Waals surface area contributed by atoms with Crippen LogP contribution < -0.4 is 0 Å². The Morgan fingerprint density at radius 1 is 0.536 bits per heavy atom. The standard InChI is InChI=1S/C51H32N4O/c1-5-16-33(17-6-1)37-28-31-44-42(32-37)38-24-13-14-26-43(38)55(44)45-27-15-25-39-40-29-30-41(46(48(40)56-47(39)45)34-18-7-2-8-19-34)51-53-49(35-20-9-3-10-21-35)52-50(54-51)36-22-11-4-12-23-36/h2-3,5,7-11,13-32H,1,6H2. The molecule has 56 heavy (non-hydrogen) atoms. The zero-order valence-corrected chi connectivity index (χ0v) is 30.3. The van der Waals surface area contributed by atoms with Gasteiger partial charge in [-0.15, -0.1) is 0 Å². The van der Waals surface area contributed by atoms with Crippen molar-refractivity contribution < 1.29 is 4.42 Å². The summed E-state index contributed by atoms with van der Waals surface area (Å²) in [6, 6.07) is 46.7. The molecule has 0 fully saturated rings. The summed E-state index contributed by atoms with van der Waals surface area (Å²) in [5.74, 6) is 1.72. The summed E-state index contributed by atoms with van der Waals surface area (Å²) in [5, 5.41) is 4.49.